The van der Waals surface area contributed by atoms with Crippen molar-refractivity contribution in [2.75, 3.05) is 4.90 Å². The fraction of sp³-hybridized carbons (Fsp3) is 0. The minimum absolute atomic E-state index is 1.10. The Kier molecular flexibility index (Phi) is 8.42. The normalized spacial score (nSPS) is 11.4. The Morgan fingerprint density at radius 3 is 1.34 bits per heavy atom. The second-order valence-corrected chi connectivity index (χ2v) is 15.9. The highest BCUT2D eigenvalue weighted by Crippen LogP contribution is 2.48. The van der Waals surface area contributed by atoms with Gasteiger partial charge in [-0.3, -0.25) is 0 Å². The predicted molar refractivity (Wildman–Crippen MR) is 251 cm³/mol. The molecule has 1 nitrogen and oxygen atoms in total. The highest BCUT2D eigenvalue weighted by molar-refractivity contribution is 7.25. The highest BCUT2D eigenvalue weighted by Gasteiger charge is 2.22. The topological polar surface area (TPSA) is 3.24 Å². The molecule has 1 aromatic heterocycles. The lowest BCUT2D eigenvalue weighted by Gasteiger charge is -2.28. The summed E-state index contributed by atoms with van der Waals surface area (Å²) in [6.07, 6.45) is 0. The summed E-state index contributed by atoms with van der Waals surface area (Å²) in [7, 11) is 0. The molecule has 0 radical (unpaired) electrons. The standard InChI is InChI=1S/C56H37NS/c1-5-17-38(18-6-1)45-32-29-42(35-50(45)39-19-7-2-8-20-39)57(44-31-34-54-51(36-44)48-26-15-16-28-53(48)58-54)43-30-33-47-46-25-13-14-27-49(46)55(40-21-9-3-10-22-40)56(52(47)37-43)41-23-11-4-12-24-41/h1-37H. The number of thiophene rings is 1. The SMILES string of the molecule is c1ccc(-c2ccc(N(c3ccc4c(c3)c(-c3ccccc3)c(-c3ccccc3)c3ccccc34)c3ccc4sc5ccccc5c4c3)cc2-c2ccccc2)cc1. The van der Waals surface area contributed by atoms with Crippen LogP contribution in [-0.4, -0.2) is 0 Å². The van der Waals surface area contributed by atoms with Crippen molar-refractivity contribution in [3.05, 3.63) is 224 Å². The molecule has 0 bridgehead atoms. The van der Waals surface area contributed by atoms with Gasteiger partial charge in [0.1, 0.15) is 0 Å². The summed E-state index contributed by atoms with van der Waals surface area (Å²) < 4.78 is 2.59. The number of anilines is 3. The molecule has 10 aromatic carbocycles. The Morgan fingerprint density at radius 1 is 0.259 bits per heavy atom. The van der Waals surface area contributed by atoms with E-state index in [1.807, 2.05) is 11.3 Å². The summed E-state index contributed by atoms with van der Waals surface area (Å²) in [6, 6.07) is 82.1. The van der Waals surface area contributed by atoms with Crippen LogP contribution in [-0.2, 0) is 0 Å². The molecule has 0 saturated heterocycles. The molecule has 0 spiro atoms. The van der Waals surface area contributed by atoms with E-state index in [-0.39, 0.29) is 0 Å². The Labute approximate surface area is 342 Å². The molecule has 2 heteroatoms. The van der Waals surface area contributed by atoms with Gasteiger partial charge in [0.2, 0.25) is 0 Å². The van der Waals surface area contributed by atoms with Gasteiger partial charge in [-0.05, 0) is 115 Å². The van der Waals surface area contributed by atoms with Crippen LogP contribution in [0.25, 0.3) is 86.2 Å². The van der Waals surface area contributed by atoms with Gasteiger partial charge in [-0.1, -0.05) is 176 Å². The minimum Gasteiger partial charge on any atom is -0.310 e. The van der Waals surface area contributed by atoms with Crippen molar-refractivity contribution in [2.45, 2.75) is 0 Å². The summed E-state index contributed by atoms with van der Waals surface area (Å²) in [5.41, 5.74) is 13.0. The molecule has 0 saturated carbocycles. The van der Waals surface area contributed by atoms with E-state index in [9.17, 15) is 0 Å². The molecular formula is C56H37NS. The largest absolute Gasteiger partial charge is 0.310 e. The van der Waals surface area contributed by atoms with Gasteiger partial charge in [-0.25, -0.2) is 0 Å². The predicted octanol–water partition coefficient (Wildman–Crippen LogP) is 16.5. The van der Waals surface area contributed by atoms with Crippen LogP contribution >= 0.6 is 11.3 Å². The Hall–Kier alpha value is -7.26. The van der Waals surface area contributed by atoms with E-state index >= 15 is 0 Å². The lowest BCUT2D eigenvalue weighted by molar-refractivity contribution is 1.30. The summed E-state index contributed by atoms with van der Waals surface area (Å²) in [6.45, 7) is 0. The third kappa shape index (κ3) is 5.86. The van der Waals surface area contributed by atoms with Crippen LogP contribution < -0.4 is 4.90 Å². The first-order valence-corrected chi connectivity index (χ1v) is 20.7. The summed E-state index contributed by atoms with van der Waals surface area (Å²) in [4.78, 5) is 2.46. The summed E-state index contributed by atoms with van der Waals surface area (Å²) >= 11 is 1.86. The second kappa shape index (κ2) is 14.4. The highest BCUT2D eigenvalue weighted by atomic mass is 32.1. The van der Waals surface area contributed by atoms with E-state index in [0.29, 0.717) is 0 Å². The fourth-order valence-corrected chi connectivity index (χ4v) is 9.91. The van der Waals surface area contributed by atoms with Crippen molar-refractivity contribution in [2.24, 2.45) is 0 Å². The molecule has 0 aliphatic carbocycles. The average Bonchev–Trinajstić information content (AvgIpc) is 3.68. The molecule has 11 aromatic rings. The monoisotopic (exact) mass is 755 g/mol. The van der Waals surface area contributed by atoms with Gasteiger partial charge in [0.15, 0.2) is 0 Å². The van der Waals surface area contributed by atoms with Crippen LogP contribution in [0.2, 0.25) is 0 Å². The third-order valence-corrected chi connectivity index (χ3v) is 12.6. The van der Waals surface area contributed by atoms with Crippen molar-refractivity contribution >= 4 is 70.1 Å². The number of benzene rings is 10. The minimum atomic E-state index is 1.10. The van der Waals surface area contributed by atoms with E-state index in [1.54, 1.807) is 0 Å². The molecule has 0 aliphatic heterocycles. The zero-order valence-electron chi connectivity index (χ0n) is 31.7. The number of rotatable bonds is 7. The Balaban J connectivity index is 1.22. The molecule has 58 heavy (non-hydrogen) atoms. The van der Waals surface area contributed by atoms with Crippen LogP contribution in [0.3, 0.4) is 0 Å². The number of fused-ring (bicyclic) bond motifs is 6. The number of hydrogen-bond acceptors (Lipinski definition) is 2. The molecule has 11 rings (SSSR count). The van der Waals surface area contributed by atoms with Crippen molar-refractivity contribution in [1.29, 1.82) is 0 Å². The molecule has 0 unspecified atom stereocenters. The van der Waals surface area contributed by atoms with Crippen LogP contribution in [0.4, 0.5) is 17.1 Å². The van der Waals surface area contributed by atoms with Gasteiger partial charge in [-0.2, -0.15) is 0 Å². The zero-order chi connectivity index (χ0) is 38.4. The van der Waals surface area contributed by atoms with Crippen LogP contribution in [0, 0.1) is 0 Å². The first kappa shape index (κ1) is 34.0. The van der Waals surface area contributed by atoms with Crippen LogP contribution in [0.1, 0.15) is 0 Å². The fourth-order valence-electron chi connectivity index (χ4n) is 8.83. The number of nitrogens with zero attached hydrogens (tertiary/aromatic N) is 1. The lowest BCUT2D eigenvalue weighted by Crippen LogP contribution is -2.10. The van der Waals surface area contributed by atoms with Gasteiger partial charge in [0.05, 0.1) is 0 Å². The molecule has 0 N–H and O–H groups in total. The maximum absolute atomic E-state index is 2.46. The van der Waals surface area contributed by atoms with Crippen molar-refractivity contribution in [3.8, 4) is 44.5 Å². The Bertz CT molecular complexity index is 3260. The van der Waals surface area contributed by atoms with Gasteiger partial charge in [0, 0.05) is 37.2 Å². The van der Waals surface area contributed by atoms with Gasteiger partial charge >= 0.3 is 0 Å². The van der Waals surface area contributed by atoms with E-state index < -0.39 is 0 Å². The smallest absolute Gasteiger partial charge is 0.0468 e. The average molecular weight is 756 g/mol. The molecule has 0 fully saturated rings. The van der Waals surface area contributed by atoms with Gasteiger partial charge in [0.25, 0.3) is 0 Å². The third-order valence-electron chi connectivity index (χ3n) is 11.4. The molecular weight excluding hydrogens is 719 g/mol. The maximum Gasteiger partial charge on any atom is 0.0468 e. The zero-order valence-corrected chi connectivity index (χ0v) is 32.5. The number of hydrogen-bond donors (Lipinski definition) is 0. The first-order valence-electron chi connectivity index (χ1n) is 19.8. The molecule has 272 valence electrons. The molecule has 0 amide bonds. The van der Waals surface area contributed by atoms with Crippen molar-refractivity contribution in [3.63, 3.8) is 0 Å². The summed E-state index contributed by atoms with van der Waals surface area (Å²) in [5, 5.41) is 7.52. The van der Waals surface area contributed by atoms with Crippen LogP contribution in [0.5, 0.6) is 0 Å². The van der Waals surface area contributed by atoms with Gasteiger partial charge in [-0.15, -0.1) is 11.3 Å². The summed E-state index contributed by atoms with van der Waals surface area (Å²) in [5.74, 6) is 0. The van der Waals surface area contributed by atoms with Crippen LogP contribution in [0.15, 0.2) is 224 Å². The van der Waals surface area contributed by atoms with E-state index in [0.717, 1.165) is 17.1 Å². The molecule has 0 atom stereocenters. The lowest BCUT2D eigenvalue weighted by atomic mass is 9.85. The van der Waals surface area contributed by atoms with E-state index in [2.05, 4.69) is 229 Å². The van der Waals surface area contributed by atoms with Crippen molar-refractivity contribution in [1.82, 2.24) is 0 Å². The van der Waals surface area contributed by atoms with Crippen molar-refractivity contribution < 1.29 is 0 Å². The molecule has 1 heterocycles. The quantitative estimate of drug-likeness (QED) is 0.146. The van der Waals surface area contributed by atoms with Gasteiger partial charge < -0.3 is 4.90 Å². The van der Waals surface area contributed by atoms with E-state index in [1.165, 1.54) is 86.2 Å². The Morgan fingerprint density at radius 2 is 0.690 bits per heavy atom. The maximum atomic E-state index is 2.46. The molecule has 0 aliphatic rings. The first-order chi connectivity index (χ1) is 28.8. The van der Waals surface area contributed by atoms with E-state index in [4.69, 9.17) is 0 Å². The second-order valence-electron chi connectivity index (χ2n) is 14.8.